The molecule has 1 aromatic rings. The van der Waals surface area contributed by atoms with Crippen molar-refractivity contribution in [2.75, 3.05) is 18.4 Å². The van der Waals surface area contributed by atoms with Gasteiger partial charge in [0.15, 0.2) is 0 Å². The van der Waals surface area contributed by atoms with E-state index in [2.05, 4.69) is 16.0 Å². The molecule has 0 aromatic heterocycles. The molecule has 0 unspecified atom stereocenters. The largest absolute Gasteiger partial charge is 0.390 e. The average Bonchev–Trinajstić information content (AvgIpc) is 2.54. The Hall–Kier alpha value is -3.41. The predicted octanol–water partition coefficient (Wildman–Crippen LogP) is 0.666. The zero-order valence-electron chi connectivity index (χ0n) is 12.1. The molecule has 0 aliphatic carbocycles. The van der Waals surface area contributed by atoms with Crippen LogP contribution in [-0.4, -0.2) is 30.3 Å². The quantitative estimate of drug-likeness (QED) is 0.153. The highest BCUT2D eigenvalue weighted by molar-refractivity contribution is 6.06. The first-order valence-electron chi connectivity index (χ1n) is 6.65. The summed E-state index contributed by atoms with van der Waals surface area (Å²) in [5.74, 6) is -0.675. The Labute approximate surface area is 132 Å². The number of carbonyl (C=O) groups excluding carboxylic acids is 2. The fraction of sp³-hybridized carbons (Fsp3) is 0.214. The molecule has 2 amide bonds. The number of nitro benzene ring substituents is 1. The third-order valence-corrected chi connectivity index (χ3v) is 2.65. The molecule has 0 radical (unpaired) electrons. The lowest BCUT2D eigenvalue weighted by atomic mass is 10.2. The topological polar surface area (TPSA) is 137 Å². The summed E-state index contributed by atoms with van der Waals surface area (Å²) in [6.07, 6.45) is 2.47. The third kappa shape index (κ3) is 6.26. The van der Waals surface area contributed by atoms with Gasteiger partial charge in [-0.2, -0.15) is 5.26 Å². The summed E-state index contributed by atoms with van der Waals surface area (Å²) >= 11 is 0. The van der Waals surface area contributed by atoms with Crippen LogP contribution in [0.3, 0.4) is 0 Å². The van der Waals surface area contributed by atoms with E-state index in [1.54, 1.807) is 6.07 Å². The van der Waals surface area contributed by atoms with Crippen molar-refractivity contribution in [1.82, 2.24) is 10.6 Å². The monoisotopic (exact) mass is 317 g/mol. The van der Waals surface area contributed by atoms with Crippen LogP contribution in [0, 0.1) is 21.4 Å². The number of amides is 2. The normalized spacial score (nSPS) is 10.3. The van der Waals surface area contributed by atoms with Crippen LogP contribution in [0.4, 0.5) is 11.4 Å². The van der Waals surface area contributed by atoms with Gasteiger partial charge >= 0.3 is 0 Å². The van der Waals surface area contributed by atoms with Crippen molar-refractivity contribution >= 4 is 23.7 Å². The summed E-state index contributed by atoms with van der Waals surface area (Å²) < 4.78 is 0. The zero-order chi connectivity index (χ0) is 17.1. The van der Waals surface area contributed by atoms with Crippen LogP contribution in [0.2, 0.25) is 0 Å². The Bertz CT molecular complexity index is 651. The Kier molecular flexibility index (Phi) is 7.30. The lowest BCUT2D eigenvalue weighted by Crippen LogP contribution is -2.20. The summed E-state index contributed by atoms with van der Waals surface area (Å²) in [6, 6.07) is 7.16. The van der Waals surface area contributed by atoms with E-state index >= 15 is 0 Å². The number of nitrogens with zero attached hydrogens (tertiary/aromatic N) is 2. The van der Waals surface area contributed by atoms with Gasteiger partial charge in [0.25, 0.3) is 11.6 Å². The van der Waals surface area contributed by atoms with Gasteiger partial charge in [0, 0.05) is 37.1 Å². The number of anilines is 1. The molecule has 23 heavy (non-hydrogen) atoms. The van der Waals surface area contributed by atoms with Gasteiger partial charge < -0.3 is 16.0 Å². The lowest BCUT2D eigenvalue weighted by molar-refractivity contribution is -0.384. The molecule has 0 fully saturated rings. The Morgan fingerprint density at radius 3 is 2.74 bits per heavy atom. The van der Waals surface area contributed by atoms with Crippen molar-refractivity contribution in [1.29, 1.82) is 5.26 Å². The summed E-state index contributed by atoms with van der Waals surface area (Å²) in [5.41, 5.74) is -0.105. The molecule has 0 saturated heterocycles. The molecule has 1 aromatic carbocycles. The highest BCUT2D eigenvalue weighted by atomic mass is 16.6. The number of non-ortho nitro benzene ring substituents is 1. The molecule has 0 heterocycles. The van der Waals surface area contributed by atoms with Crippen molar-refractivity contribution in [2.24, 2.45) is 0 Å². The molecular formula is C14H15N5O4. The minimum absolute atomic E-state index is 0.161. The third-order valence-electron chi connectivity index (χ3n) is 2.65. The van der Waals surface area contributed by atoms with Gasteiger partial charge in [-0.15, -0.1) is 0 Å². The summed E-state index contributed by atoms with van der Waals surface area (Å²) in [7, 11) is 0. The maximum atomic E-state index is 11.9. The number of benzene rings is 1. The van der Waals surface area contributed by atoms with Crippen LogP contribution >= 0.6 is 0 Å². The first-order chi connectivity index (χ1) is 11.1. The number of carbonyl (C=O) groups is 2. The molecule has 120 valence electrons. The number of rotatable bonds is 9. The smallest absolute Gasteiger partial charge is 0.271 e. The number of nitriles is 1. The van der Waals surface area contributed by atoms with Crippen molar-refractivity contribution in [3.63, 3.8) is 0 Å². The van der Waals surface area contributed by atoms with E-state index in [1.165, 1.54) is 30.5 Å². The van der Waals surface area contributed by atoms with E-state index in [0.717, 1.165) is 0 Å². The molecule has 0 aliphatic heterocycles. The maximum absolute atomic E-state index is 11.9. The van der Waals surface area contributed by atoms with Crippen LogP contribution < -0.4 is 16.0 Å². The predicted molar refractivity (Wildman–Crippen MR) is 82.1 cm³/mol. The van der Waals surface area contributed by atoms with E-state index in [-0.39, 0.29) is 16.9 Å². The minimum Gasteiger partial charge on any atom is -0.390 e. The molecule has 0 atom stereocenters. The Morgan fingerprint density at radius 1 is 1.35 bits per heavy atom. The van der Waals surface area contributed by atoms with Gasteiger partial charge in [-0.1, -0.05) is 6.07 Å². The summed E-state index contributed by atoms with van der Waals surface area (Å²) in [6.45, 7) is 0.947. The maximum Gasteiger partial charge on any atom is 0.271 e. The second-order valence-corrected chi connectivity index (χ2v) is 4.31. The van der Waals surface area contributed by atoms with Gasteiger partial charge in [0.2, 0.25) is 6.41 Å². The molecule has 9 heteroatoms. The highest BCUT2D eigenvalue weighted by Gasteiger charge is 2.11. The fourth-order valence-corrected chi connectivity index (χ4v) is 1.57. The number of nitro groups is 1. The number of hydrogen-bond acceptors (Lipinski definition) is 6. The van der Waals surface area contributed by atoms with Crippen LogP contribution in [0.25, 0.3) is 0 Å². The minimum atomic E-state index is -0.675. The lowest BCUT2D eigenvalue weighted by Gasteiger charge is -2.05. The van der Waals surface area contributed by atoms with E-state index in [1.807, 2.05) is 0 Å². The van der Waals surface area contributed by atoms with Gasteiger partial charge in [-0.25, -0.2) is 0 Å². The van der Waals surface area contributed by atoms with Gasteiger partial charge in [0.05, 0.1) is 4.92 Å². The van der Waals surface area contributed by atoms with E-state index in [4.69, 9.17) is 5.26 Å². The number of hydrogen-bond donors (Lipinski definition) is 3. The highest BCUT2D eigenvalue weighted by Crippen LogP contribution is 2.17. The summed E-state index contributed by atoms with van der Waals surface area (Å²) in [5, 5.41) is 27.3. The standard InChI is InChI=1S/C14H15N5O4/c15-8-11(9-16-5-2-6-17-10-20)14(21)18-12-3-1-4-13(7-12)19(22)23/h1,3-4,7,9-10,16H,2,5-6H2,(H,17,20)(H,18,21)/b11-9-. The molecule has 1 rings (SSSR count). The van der Waals surface area contributed by atoms with Gasteiger partial charge in [0.1, 0.15) is 11.6 Å². The van der Waals surface area contributed by atoms with Crippen LogP contribution in [0.15, 0.2) is 36.0 Å². The Balaban J connectivity index is 2.60. The zero-order valence-corrected chi connectivity index (χ0v) is 12.1. The second-order valence-electron chi connectivity index (χ2n) is 4.31. The molecule has 0 bridgehead atoms. The van der Waals surface area contributed by atoms with Crippen LogP contribution in [0.5, 0.6) is 0 Å². The van der Waals surface area contributed by atoms with E-state index < -0.39 is 10.8 Å². The van der Waals surface area contributed by atoms with Crippen molar-refractivity contribution in [2.45, 2.75) is 6.42 Å². The van der Waals surface area contributed by atoms with E-state index in [0.29, 0.717) is 25.9 Å². The Morgan fingerprint density at radius 2 is 2.09 bits per heavy atom. The molecule has 9 nitrogen and oxygen atoms in total. The van der Waals surface area contributed by atoms with Crippen molar-refractivity contribution in [3.8, 4) is 6.07 Å². The summed E-state index contributed by atoms with van der Waals surface area (Å²) in [4.78, 5) is 32.1. The van der Waals surface area contributed by atoms with E-state index in [9.17, 15) is 19.7 Å². The fourth-order valence-electron chi connectivity index (χ4n) is 1.57. The average molecular weight is 317 g/mol. The van der Waals surface area contributed by atoms with Crippen molar-refractivity contribution < 1.29 is 14.5 Å². The molecule has 0 aliphatic rings. The molecule has 3 N–H and O–H groups in total. The molecule has 0 saturated carbocycles. The number of nitrogens with one attached hydrogen (secondary N) is 3. The van der Waals surface area contributed by atoms with Crippen molar-refractivity contribution in [3.05, 3.63) is 46.2 Å². The SMILES string of the molecule is N#C/C(=C/NCCCNC=O)C(=O)Nc1cccc([N+](=O)[O-])c1. The first-order valence-corrected chi connectivity index (χ1v) is 6.65. The second kappa shape index (κ2) is 9.51. The van der Waals surface area contributed by atoms with Gasteiger partial charge in [-0.05, 0) is 12.5 Å². The molecular weight excluding hydrogens is 302 g/mol. The van der Waals surface area contributed by atoms with Gasteiger partial charge in [-0.3, -0.25) is 19.7 Å². The van der Waals surface area contributed by atoms with Crippen LogP contribution in [0.1, 0.15) is 6.42 Å². The van der Waals surface area contributed by atoms with Crippen LogP contribution in [-0.2, 0) is 9.59 Å². The molecule has 0 spiro atoms. The first kappa shape index (κ1) is 17.6.